The Kier molecular flexibility index (Phi) is 4.30. The first-order chi connectivity index (χ1) is 9.17. The molecule has 1 aliphatic carbocycles. The molecule has 2 rings (SSSR count). The van der Waals surface area contributed by atoms with Gasteiger partial charge in [0.1, 0.15) is 11.6 Å². The molecule has 19 heavy (non-hydrogen) atoms. The second kappa shape index (κ2) is 5.95. The summed E-state index contributed by atoms with van der Waals surface area (Å²) in [4.78, 5) is 2.37. The molecule has 0 atom stereocenters. The van der Waals surface area contributed by atoms with Crippen molar-refractivity contribution >= 4 is 11.5 Å². The number of ether oxygens (including phenoxy) is 1. The second-order valence-electron chi connectivity index (χ2n) is 5.02. The number of benzene rings is 1. The van der Waals surface area contributed by atoms with Crippen molar-refractivity contribution < 1.29 is 4.74 Å². The van der Waals surface area contributed by atoms with Crippen LogP contribution in [0.25, 0.3) is 0 Å². The first kappa shape index (κ1) is 13.7. The largest absolute Gasteiger partial charge is 0.497 e. The summed E-state index contributed by atoms with van der Waals surface area (Å²) in [7, 11) is 1.67. The van der Waals surface area contributed by atoms with E-state index in [9.17, 15) is 0 Å². The Morgan fingerprint density at radius 2 is 2.11 bits per heavy atom. The van der Waals surface area contributed by atoms with Crippen LogP contribution in [0.2, 0.25) is 0 Å². The zero-order valence-corrected chi connectivity index (χ0v) is 11.8. The zero-order valence-electron chi connectivity index (χ0n) is 11.8. The van der Waals surface area contributed by atoms with Gasteiger partial charge in [-0.3, -0.25) is 5.41 Å². The number of nitrogen functional groups attached to an aromatic ring is 1. The molecule has 1 saturated carbocycles. The van der Waals surface area contributed by atoms with Gasteiger partial charge in [-0.05, 0) is 31.9 Å². The number of hydrogen-bond donors (Lipinski definition) is 2. The average Bonchev–Trinajstić information content (AvgIpc) is 2.93. The molecule has 1 aliphatic rings. The van der Waals surface area contributed by atoms with E-state index in [4.69, 9.17) is 15.9 Å². The fourth-order valence-corrected chi connectivity index (χ4v) is 2.94. The number of nitrogens with two attached hydrogens (primary N) is 1. The van der Waals surface area contributed by atoms with Crippen LogP contribution in [0, 0.1) is 5.41 Å². The van der Waals surface area contributed by atoms with Crippen molar-refractivity contribution in [1.82, 2.24) is 0 Å². The van der Waals surface area contributed by atoms with Crippen LogP contribution in [0.1, 0.15) is 38.2 Å². The van der Waals surface area contributed by atoms with Crippen molar-refractivity contribution in [3.05, 3.63) is 23.8 Å². The maximum absolute atomic E-state index is 7.75. The lowest BCUT2D eigenvalue weighted by Gasteiger charge is -2.31. The first-order valence-electron chi connectivity index (χ1n) is 6.96. The molecule has 0 aliphatic heterocycles. The number of nitrogens with zero attached hydrogens (tertiary/aromatic N) is 1. The molecule has 1 aromatic carbocycles. The third-order valence-corrected chi connectivity index (χ3v) is 3.91. The Morgan fingerprint density at radius 1 is 1.42 bits per heavy atom. The highest BCUT2D eigenvalue weighted by Crippen LogP contribution is 2.32. The Balaban J connectivity index is 2.40. The summed E-state index contributed by atoms with van der Waals surface area (Å²) in [6, 6.07) is 6.31. The maximum atomic E-state index is 7.75. The van der Waals surface area contributed by atoms with Gasteiger partial charge in [-0.15, -0.1) is 0 Å². The molecule has 4 nitrogen and oxygen atoms in total. The van der Waals surface area contributed by atoms with Gasteiger partial charge in [-0.25, -0.2) is 0 Å². The van der Waals surface area contributed by atoms with E-state index in [2.05, 4.69) is 11.8 Å². The molecule has 0 radical (unpaired) electrons. The molecule has 0 spiro atoms. The van der Waals surface area contributed by atoms with Crippen LogP contribution < -0.4 is 15.4 Å². The minimum absolute atomic E-state index is 0.120. The van der Waals surface area contributed by atoms with Crippen LogP contribution in [0.15, 0.2) is 18.2 Å². The summed E-state index contributed by atoms with van der Waals surface area (Å²) in [6.45, 7) is 3.08. The third-order valence-electron chi connectivity index (χ3n) is 3.91. The summed E-state index contributed by atoms with van der Waals surface area (Å²) >= 11 is 0. The van der Waals surface area contributed by atoms with Crippen molar-refractivity contribution in [3.63, 3.8) is 0 Å². The van der Waals surface area contributed by atoms with Crippen LogP contribution >= 0.6 is 0 Å². The highest BCUT2D eigenvalue weighted by Gasteiger charge is 2.24. The van der Waals surface area contributed by atoms with Crippen LogP contribution in [0.4, 0.5) is 5.69 Å². The Hall–Kier alpha value is -1.71. The van der Waals surface area contributed by atoms with E-state index in [0.717, 1.165) is 23.5 Å². The van der Waals surface area contributed by atoms with Crippen LogP contribution in [-0.4, -0.2) is 25.5 Å². The van der Waals surface area contributed by atoms with E-state index < -0.39 is 0 Å². The van der Waals surface area contributed by atoms with Crippen molar-refractivity contribution in [2.24, 2.45) is 5.73 Å². The highest BCUT2D eigenvalue weighted by atomic mass is 16.5. The normalized spacial score (nSPS) is 15.5. The summed E-state index contributed by atoms with van der Waals surface area (Å²) in [5.74, 6) is 0.936. The molecule has 0 amide bonds. The van der Waals surface area contributed by atoms with Gasteiger partial charge in [-0.2, -0.15) is 0 Å². The molecule has 4 heteroatoms. The van der Waals surface area contributed by atoms with Gasteiger partial charge < -0.3 is 15.4 Å². The lowest BCUT2D eigenvalue weighted by molar-refractivity contribution is 0.414. The third kappa shape index (κ3) is 2.83. The fraction of sp³-hybridized carbons (Fsp3) is 0.533. The van der Waals surface area contributed by atoms with Gasteiger partial charge in [-0.1, -0.05) is 12.8 Å². The van der Waals surface area contributed by atoms with E-state index >= 15 is 0 Å². The topological polar surface area (TPSA) is 62.3 Å². The second-order valence-corrected chi connectivity index (χ2v) is 5.02. The SMILES string of the molecule is CCN(c1cc(OC)ccc1C(=N)N)C1CCCC1. The van der Waals surface area contributed by atoms with Gasteiger partial charge in [0.05, 0.1) is 12.8 Å². The smallest absolute Gasteiger partial charge is 0.124 e. The van der Waals surface area contributed by atoms with Gasteiger partial charge in [0, 0.05) is 24.2 Å². The van der Waals surface area contributed by atoms with Crippen LogP contribution in [0.5, 0.6) is 5.75 Å². The van der Waals surface area contributed by atoms with Crippen LogP contribution in [-0.2, 0) is 0 Å². The predicted molar refractivity (Wildman–Crippen MR) is 79.3 cm³/mol. The summed E-state index contributed by atoms with van der Waals surface area (Å²) in [5, 5.41) is 7.75. The Bertz CT molecular complexity index is 453. The Morgan fingerprint density at radius 3 is 2.63 bits per heavy atom. The summed E-state index contributed by atoms with van der Waals surface area (Å²) < 4.78 is 5.31. The molecule has 0 heterocycles. The lowest BCUT2D eigenvalue weighted by Crippen LogP contribution is -2.34. The van der Waals surface area contributed by atoms with Crippen molar-refractivity contribution in [2.75, 3.05) is 18.6 Å². The number of hydrogen-bond acceptors (Lipinski definition) is 3. The van der Waals surface area contributed by atoms with E-state index in [1.807, 2.05) is 18.2 Å². The Labute approximate surface area is 115 Å². The summed E-state index contributed by atoms with van der Waals surface area (Å²) in [6.07, 6.45) is 5.03. The van der Waals surface area contributed by atoms with E-state index in [1.54, 1.807) is 7.11 Å². The predicted octanol–water partition coefficient (Wildman–Crippen LogP) is 2.75. The highest BCUT2D eigenvalue weighted by molar-refractivity contribution is 6.00. The first-order valence-corrected chi connectivity index (χ1v) is 6.96. The molecular formula is C15H23N3O. The van der Waals surface area contributed by atoms with Gasteiger partial charge in [0.25, 0.3) is 0 Å². The standard InChI is InChI=1S/C15H23N3O/c1-3-18(11-6-4-5-7-11)14-10-12(19-2)8-9-13(14)15(16)17/h8-11H,3-7H2,1-2H3,(H3,16,17). The molecule has 0 unspecified atom stereocenters. The quantitative estimate of drug-likeness (QED) is 0.633. The summed E-state index contributed by atoms with van der Waals surface area (Å²) in [5.41, 5.74) is 7.54. The number of nitrogens with one attached hydrogen (secondary N) is 1. The van der Waals surface area contributed by atoms with E-state index in [0.29, 0.717) is 6.04 Å². The molecule has 0 bridgehead atoms. The molecule has 0 saturated heterocycles. The molecule has 1 fully saturated rings. The maximum Gasteiger partial charge on any atom is 0.124 e. The molecular weight excluding hydrogens is 238 g/mol. The van der Waals surface area contributed by atoms with Crippen molar-refractivity contribution in [3.8, 4) is 5.75 Å². The zero-order chi connectivity index (χ0) is 13.8. The fourth-order valence-electron chi connectivity index (χ4n) is 2.94. The van der Waals surface area contributed by atoms with Crippen molar-refractivity contribution in [2.45, 2.75) is 38.6 Å². The number of rotatable bonds is 5. The number of methoxy groups -OCH3 is 1. The van der Waals surface area contributed by atoms with Gasteiger partial charge in [0.2, 0.25) is 0 Å². The van der Waals surface area contributed by atoms with Gasteiger partial charge in [0.15, 0.2) is 0 Å². The number of anilines is 1. The molecule has 104 valence electrons. The van der Waals surface area contributed by atoms with E-state index in [1.165, 1.54) is 25.7 Å². The molecule has 3 N–H and O–H groups in total. The van der Waals surface area contributed by atoms with E-state index in [-0.39, 0.29) is 5.84 Å². The number of amidine groups is 1. The van der Waals surface area contributed by atoms with Crippen molar-refractivity contribution in [1.29, 1.82) is 5.41 Å². The van der Waals surface area contributed by atoms with Gasteiger partial charge >= 0.3 is 0 Å². The molecule has 0 aromatic heterocycles. The molecule has 1 aromatic rings. The monoisotopic (exact) mass is 261 g/mol. The minimum Gasteiger partial charge on any atom is -0.497 e. The minimum atomic E-state index is 0.120. The average molecular weight is 261 g/mol. The lowest BCUT2D eigenvalue weighted by atomic mass is 10.1. The van der Waals surface area contributed by atoms with Crippen LogP contribution in [0.3, 0.4) is 0 Å².